The van der Waals surface area contributed by atoms with Crippen LogP contribution in [0.5, 0.6) is 0 Å². The lowest BCUT2D eigenvalue weighted by molar-refractivity contribution is -0.147. The first-order chi connectivity index (χ1) is 9.91. The zero-order valence-corrected chi connectivity index (χ0v) is 14.5. The van der Waals surface area contributed by atoms with E-state index < -0.39 is 11.5 Å². The molecule has 2 N–H and O–H groups in total. The van der Waals surface area contributed by atoms with E-state index in [1.807, 2.05) is 6.92 Å². The molecule has 1 saturated carbocycles. The second kappa shape index (κ2) is 8.14. The quantitative estimate of drug-likeness (QED) is 0.616. The van der Waals surface area contributed by atoms with E-state index in [-0.39, 0.29) is 0 Å². The molecular formula is C17H34N2O2. The number of carboxylic acid groups (broad SMARTS) is 1. The van der Waals surface area contributed by atoms with Gasteiger partial charge in [-0.1, -0.05) is 34.6 Å². The highest BCUT2D eigenvalue weighted by atomic mass is 16.4. The molecule has 1 fully saturated rings. The zero-order valence-electron chi connectivity index (χ0n) is 14.5. The first-order valence-corrected chi connectivity index (χ1v) is 8.63. The average Bonchev–Trinajstić information content (AvgIpc) is 3.22. The maximum atomic E-state index is 12.0. The highest BCUT2D eigenvalue weighted by molar-refractivity contribution is 5.80. The van der Waals surface area contributed by atoms with Crippen molar-refractivity contribution in [2.75, 3.05) is 19.6 Å². The molecule has 124 valence electrons. The maximum absolute atomic E-state index is 12.0. The Bertz CT molecular complexity index is 325. The summed E-state index contributed by atoms with van der Waals surface area (Å²) in [5.74, 6) is 0.170. The minimum absolute atomic E-state index is 0.291. The molecule has 0 amide bonds. The standard InChI is InChI=1S/C17H34N2O2/c1-6-15(7-2)19(11-13(4)5)12-17(16(20)21,18-8-3)14-9-10-14/h13-15,18H,6-12H2,1-5H3,(H,20,21). The van der Waals surface area contributed by atoms with Crippen LogP contribution < -0.4 is 5.32 Å². The Morgan fingerprint density at radius 3 is 2.19 bits per heavy atom. The molecule has 4 nitrogen and oxygen atoms in total. The molecule has 1 unspecified atom stereocenters. The van der Waals surface area contributed by atoms with Gasteiger partial charge >= 0.3 is 5.97 Å². The monoisotopic (exact) mass is 298 g/mol. The predicted molar refractivity (Wildman–Crippen MR) is 87.5 cm³/mol. The minimum atomic E-state index is -0.758. The predicted octanol–water partition coefficient (Wildman–Crippen LogP) is 2.98. The van der Waals surface area contributed by atoms with Gasteiger partial charge in [0.25, 0.3) is 0 Å². The molecule has 0 aliphatic heterocycles. The van der Waals surface area contributed by atoms with E-state index in [1.54, 1.807) is 0 Å². The molecule has 1 atom stereocenters. The Labute approximate surface area is 130 Å². The molecule has 0 aromatic rings. The molecule has 0 bridgehead atoms. The van der Waals surface area contributed by atoms with Gasteiger partial charge in [-0.25, -0.2) is 0 Å². The van der Waals surface area contributed by atoms with Crippen molar-refractivity contribution in [3.05, 3.63) is 0 Å². The second-order valence-corrected chi connectivity index (χ2v) is 6.87. The van der Waals surface area contributed by atoms with E-state index in [0.29, 0.717) is 31.0 Å². The van der Waals surface area contributed by atoms with Crippen LogP contribution in [0.25, 0.3) is 0 Å². The summed E-state index contributed by atoms with van der Waals surface area (Å²) in [6.45, 7) is 13.1. The Hall–Kier alpha value is -0.610. The van der Waals surface area contributed by atoms with Gasteiger partial charge in [0.15, 0.2) is 0 Å². The van der Waals surface area contributed by atoms with Crippen molar-refractivity contribution in [3.63, 3.8) is 0 Å². The van der Waals surface area contributed by atoms with Gasteiger partial charge in [-0.3, -0.25) is 9.69 Å². The summed E-state index contributed by atoms with van der Waals surface area (Å²) in [4.78, 5) is 14.4. The molecule has 0 heterocycles. The molecule has 0 aromatic heterocycles. The van der Waals surface area contributed by atoms with Gasteiger partial charge in [0, 0.05) is 19.1 Å². The van der Waals surface area contributed by atoms with Crippen molar-refractivity contribution in [3.8, 4) is 0 Å². The Morgan fingerprint density at radius 1 is 1.29 bits per heavy atom. The number of hydrogen-bond donors (Lipinski definition) is 2. The van der Waals surface area contributed by atoms with E-state index >= 15 is 0 Å². The van der Waals surface area contributed by atoms with Crippen LogP contribution in [0.4, 0.5) is 0 Å². The summed E-state index contributed by atoms with van der Waals surface area (Å²) in [6, 6.07) is 0.475. The summed E-state index contributed by atoms with van der Waals surface area (Å²) in [5, 5.41) is 13.2. The van der Waals surface area contributed by atoms with Crippen molar-refractivity contribution in [1.29, 1.82) is 0 Å². The topological polar surface area (TPSA) is 52.6 Å². The third-order valence-electron chi connectivity index (χ3n) is 4.66. The highest BCUT2D eigenvalue weighted by Crippen LogP contribution is 2.41. The van der Waals surface area contributed by atoms with Gasteiger partial charge in [0.2, 0.25) is 0 Å². The Kier molecular flexibility index (Phi) is 7.14. The van der Waals surface area contributed by atoms with E-state index in [4.69, 9.17) is 0 Å². The second-order valence-electron chi connectivity index (χ2n) is 6.87. The van der Waals surface area contributed by atoms with Crippen LogP contribution in [0.15, 0.2) is 0 Å². The van der Waals surface area contributed by atoms with E-state index in [1.165, 1.54) is 0 Å². The lowest BCUT2D eigenvalue weighted by Crippen LogP contribution is -2.62. The third-order valence-corrected chi connectivity index (χ3v) is 4.66. The minimum Gasteiger partial charge on any atom is -0.480 e. The average molecular weight is 298 g/mol. The van der Waals surface area contributed by atoms with E-state index in [2.05, 4.69) is 37.9 Å². The fourth-order valence-electron chi connectivity index (χ4n) is 3.48. The van der Waals surface area contributed by atoms with Crippen LogP contribution in [0.3, 0.4) is 0 Å². The molecule has 21 heavy (non-hydrogen) atoms. The largest absolute Gasteiger partial charge is 0.480 e. The smallest absolute Gasteiger partial charge is 0.325 e. The van der Waals surface area contributed by atoms with Crippen molar-refractivity contribution < 1.29 is 9.90 Å². The van der Waals surface area contributed by atoms with E-state index in [9.17, 15) is 9.90 Å². The van der Waals surface area contributed by atoms with Crippen LogP contribution in [-0.4, -0.2) is 47.2 Å². The SMILES string of the molecule is CCNC(CN(CC(C)C)C(CC)CC)(C(=O)O)C1CC1. The first-order valence-electron chi connectivity index (χ1n) is 8.63. The molecule has 0 spiro atoms. The van der Waals surface area contributed by atoms with E-state index in [0.717, 1.165) is 32.2 Å². The summed E-state index contributed by atoms with van der Waals surface area (Å²) in [7, 11) is 0. The van der Waals surface area contributed by atoms with Crippen LogP contribution >= 0.6 is 0 Å². The lowest BCUT2D eigenvalue weighted by atomic mass is 9.90. The van der Waals surface area contributed by atoms with Gasteiger partial charge in [-0.2, -0.15) is 0 Å². The summed E-state index contributed by atoms with van der Waals surface area (Å²) in [6.07, 6.45) is 4.24. The van der Waals surface area contributed by atoms with Gasteiger partial charge in [0.05, 0.1) is 0 Å². The van der Waals surface area contributed by atoms with Crippen molar-refractivity contribution in [1.82, 2.24) is 10.2 Å². The van der Waals surface area contributed by atoms with Crippen LogP contribution in [0.2, 0.25) is 0 Å². The summed E-state index contributed by atoms with van der Waals surface area (Å²) < 4.78 is 0. The number of nitrogens with zero attached hydrogens (tertiary/aromatic N) is 1. The molecule has 1 aliphatic rings. The fraction of sp³-hybridized carbons (Fsp3) is 0.941. The van der Waals surface area contributed by atoms with Crippen LogP contribution in [0, 0.1) is 11.8 Å². The van der Waals surface area contributed by atoms with Crippen molar-refractivity contribution in [2.45, 2.75) is 71.9 Å². The number of hydrogen-bond acceptors (Lipinski definition) is 3. The van der Waals surface area contributed by atoms with Gasteiger partial charge < -0.3 is 10.4 Å². The maximum Gasteiger partial charge on any atom is 0.325 e. The van der Waals surface area contributed by atoms with Crippen LogP contribution in [0.1, 0.15) is 60.3 Å². The summed E-state index contributed by atoms with van der Waals surface area (Å²) in [5.41, 5.74) is -0.758. The lowest BCUT2D eigenvalue weighted by Gasteiger charge is -2.40. The van der Waals surface area contributed by atoms with Crippen molar-refractivity contribution >= 4 is 5.97 Å². The Morgan fingerprint density at radius 2 is 1.86 bits per heavy atom. The zero-order chi connectivity index (χ0) is 16.0. The fourth-order valence-corrected chi connectivity index (χ4v) is 3.48. The normalized spacial score (nSPS) is 18.5. The van der Waals surface area contributed by atoms with Crippen molar-refractivity contribution in [2.24, 2.45) is 11.8 Å². The molecule has 4 heteroatoms. The third kappa shape index (κ3) is 4.68. The first kappa shape index (κ1) is 18.4. The van der Waals surface area contributed by atoms with Gasteiger partial charge in [-0.15, -0.1) is 0 Å². The number of carboxylic acids is 1. The van der Waals surface area contributed by atoms with Gasteiger partial charge in [-0.05, 0) is 44.1 Å². The molecule has 0 aromatic carbocycles. The number of nitrogens with one attached hydrogen (secondary N) is 1. The number of likely N-dealkylation sites (N-methyl/N-ethyl adjacent to an activating group) is 1. The molecule has 1 rings (SSSR count). The van der Waals surface area contributed by atoms with Crippen LogP contribution in [-0.2, 0) is 4.79 Å². The number of rotatable bonds is 11. The molecule has 0 radical (unpaired) electrons. The molecule has 0 saturated heterocycles. The molecular weight excluding hydrogens is 264 g/mol. The molecule has 1 aliphatic carbocycles. The number of carbonyl (C=O) groups is 1. The highest BCUT2D eigenvalue weighted by Gasteiger charge is 2.51. The summed E-state index contributed by atoms with van der Waals surface area (Å²) >= 11 is 0. The Balaban J connectivity index is 2.96. The number of aliphatic carboxylic acids is 1. The van der Waals surface area contributed by atoms with Gasteiger partial charge in [0.1, 0.15) is 5.54 Å².